The van der Waals surface area contributed by atoms with Crippen LogP contribution in [0, 0.1) is 0 Å². The second kappa shape index (κ2) is 10.5. The highest BCUT2D eigenvalue weighted by molar-refractivity contribution is 7.89. The number of benzene rings is 1. The Morgan fingerprint density at radius 2 is 1.88 bits per heavy atom. The molecule has 1 saturated heterocycles. The molecule has 0 saturated carbocycles. The molecule has 0 aliphatic carbocycles. The maximum absolute atomic E-state index is 12.2. The van der Waals surface area contributed by atoms with Crippen LogP contribution in [0.1, 0.15) is 0 Å². The molecule has 0 bridgehead atoms. The Morgan fingerprint density at radius 1 is 1.28 bits per heavy atom. The molecule has 1 amide bonds. The van der Waals surface area contributed by atoms with Gasteiger partial charge in [-0.1, -0.05) is 11.6 Å². The molecule has 1 aliphatic heterocycles. The van der Waals surface area contributed by atoms with E-state index in [9.17, 15) is 13.2 Å². The molecular weight excluding hydrogens is 411 g/mol. The van der Waals surface area contributed by atoms with Gasteiger partial charge in [-0.3, -0.25) is 9.69 Å². The van der Waals surface area contributed by atoms with Crippen molar-refractivity contribution < 1.29 is 13.2 Å². The van der Waals surface area contributed by atoms with Crippen molar-refractivity contribution in [2.75, 3.05) is 52.1 Å². The Labute approximate surface area is 165 Å². The van der Waals surface area contributed by atoms with Gasteiger partial charge in [-0.05, 0) is 18.2 Å². The number of rotatable bonds is 5. The summed E-state index contributed by atoms with van der Waals surface area (Å²) in [4.78, 5) is 14.1. The molecule has 2 rings (SSSR count). The van der Waals surface area contributed by atoms with E-state index in [2.05, 4.69) is 10.6 Å². The lowest BCUT2D eigenvalue weighted by molar-refractivity contribution is -0.117. The van der Waals surface area contributed by atoms with Gasteiger partial charge in [0.1, 0.15) is 4.90 Å². The van der Waals surface area contributed by atoms with E-state index in [0.29, 0.717) is 5.69 Å². The summed E-state index contributed by atoms with van der Waals surface area (Å²) in [7, 11) is -0.798. The first-order valence-electron chi connectivity index (χ1n) is 7.25. The molecule has 144 valence electrons. The average molecular weight is 434 g/mol. The fourth-order valence-electron chi connectivity index (χ4n) is 2.25. The molecule has 1 aromatic rings. The minimum atomic E-state index is -3.66. The highest BCUT2D eigenvalue weighted by atomic mass is 35.5. The summed E-state index contributed by atoms with van der Waals surface area (Å²) in [5, 5.41) is 6.07. The van der Waals surface area contributed by atoms with Crippen molar-refractivity contribution in [3.8, 4) is 0 Å². The van der Waals surface area contributed by atoms with Gasteiger partial charge in [-0.25, -0.2) is 12.7 Å². The van der Waals surface area contributed by atoms with Gasteiger partial charge in [0.25, 0.3) is 0 Å². The van der Waals surface area contributed by atoms with E-state index in [1.165, 1.54) is 26.2 Å². The number of anilines is 1. The SMILES string of the molecule is CN(C)S(=O)(=O)c1cc(NC(=O)CN2CCNCC2)ccc1Cl.Cl.Cl. The summed E-state index contributed by atoms with van der Waals surface area (Å²) in [5.41, 5.74) is 0.412. The summed E-state index contributed by atoms with van der Waals surface area (Å²) in [6.45, 7) is 3.63. The Morgan fingerprint density at radius 3 is 2.44 bits per heavy atom. The zero-order chi connectivity index (χ0) is 17.0. The van der Waals surface area contributed by atoms with E-state index in [0.717, 1.165) is 30.5 Å². The second-order valence-electron chi connectivity index (χ2n) is 5.51. The number of carbonyl (C=O) groups excluding carboxylic acids is 1. The highest BCUT2D eigenvalue weighted by Gasteiger charge is 2.22. The summed E-state index contributed by atoms with van der Waals surface area (Å²) in [6.07, 6.45) is 0. The minimum Gasteiger partial charge on any atom is -0.325 e. The fourth-order valence-corrected chi connectivity index (χ4v) is 3.64. The van der Waals surface area contributed by atoms with Crippen LogP contribution < -0.4 is 10.6 Å². The van der Waals surface area contributed by atoms with Crippen LogP contribution in [0.3, 0.4) is 0 Å². The average Bonchev–Trinajstić information content (AvgIpc) is 2.49. The van der Waals surface area contributed by atoms with Crippen molar-refractivity contribution in [3.63, 3.8) is 0 Å². The molecule has 0 spiro atoms. The van der Waals surface area contributed by atoms with Gasteiger partial charge in [-0.2, -0.15) is 0 Å². The van der Waals surface area contributed by atoms with Gasteiger partial charge in [-0.15, -0.1) is 24.8 Å². The number of halogens is 3. The number of nitrogens with one attached hydrogen (secondary N) is 2. The van der Waals surface area contributed by atoms with Crippen LogP contribution in [0.4, 0.5) is 5.69 Å². The molecule has 2 N–H and O–H groups in total. The fraction of sp³-hybridized carbons (Fsp3) is 0.500. The molecule has 1 heterocycles. The third-order valence-electron chi connectivity index (χ3n) is 3.55. The minimum absolute atomic E-state index is 0. The Bertz CT molecular complexity index is 680. The van der Waals surface area contributed by atoms with E-state index in [1.807, 2.05) is 4.90 Å². The van der Waals surface area contributed by atoms with Gasteiger partial charge in [0.2, 0.25) is 15.9 Å². The molecule has 1 aliphatic rings. The van der Waals surface area contributed by atoms with Crippen LogP contribution in [0.2, 0.25) is 5.02 Å². The topological polar surface area (TPSA) is 81.8 Å². The molecule has 11 heteroatoms. The van der Waals surface area contributed by atoms with Gasteiger partial charge in [0.15, 0.2) is 0 Å². The van der Waals surface area contributed by atoms with E-state index >= 15 is 0 Å². The first-order chi connectivity index (χ1) is 10.8. The van der Waals surface area contributed by atoms with Gasteiger partial charge in [0.05, 0.1) is 11.6 Å². The summed E-state index contributed by atoms with van der Waals surface area (Å²) in [5.74, 6) is -0.178. The lowest BCUT2D eigenvalue weighted by Crippen LogP contribution is -2.46. The summed E-state index contributed by atoms with van der Waals surface area (Å²) in [6, 6.07) is 4.44. The number of carbonyl (C=O) groups is 1. The lowest BCUT2D eigenvalue weighted by Gasteiger charge is -2.26. The maximum atomic E-state index is 12.2. The van der Waals surface area contributed by atoms with E-state index in [4.69, 9.17) is 11.6 Å². The third-order valence-corrected chi connectivity index (χ3v) is 5.85. The molecular formula is C14H23Cl3N4O3S. The first kappa shape index (κ1) is 24.4. The second-order valence-corrected chi connectivity index (χ2v) is 8.03. The molecule has 25 heavy (non-hydrogen) atoms. The quantitative estimate of drug-likeness (QED) is 0.731. The predicted molar refractivity (Wildman–Crippen MR) is 105 cm³/mol. The van der Waals surface area contributed by atoms with Crippen molar-refractivity contribution in [2.45, 2.75) is 4.90 Å². The number of hydrogen-bond acceptors (Lipinski definition) is 5. The standard InChI is InChI=1S/C14H21ClN4O3S.2ClH/c1-18(2)23(21,22)13-9-11(3-4-12(13)15)17-14(20)10-19-7-5-16-6-8-19;;/h3-4,9,16H,5-8,10H2,1-2H3,(H,17,20);2*1H. The van der Waals surface area contributed by atoms with Crippen LogP contribution in [-0.2, 0) is 14.8 Å². The summed E-state index contributed by atoms with van der Waals surface area (Å²) >= 11 is 5.98. The zero-order valence-corrected chi connectivity index (χ0v) is 17.2. The summed E-state index contributed by atoms with van der Waals surface area (Å²) < 4.78 is 25.5. The predicted octanol–water partition coefficient (Wildman–Crippen LogP) is 1.28. The van der Waals surface area contributed by atoms with Gasteiger partial charge >= 0.3 is 0 Å². The van der Waals surface area contributed by atoms with Gasteiger partial charge in [0, 0.05) is 46.0 Å². The molecule has 1 fully saturated rings. The zero-order valence-electron chi connectivity index (χ0n) is 14.0. The molecule has 0 atom stereocenters. The van der Waals surface area contributed by atoms with Crippen molar-refractivity contribution >= 4 is 58.0 Å². The Hall–Kier alpha value is -0.610. The van der Waals surface area contributed by atoms with Crippen molar-refractivity contribution in [3.05, 3.63) is 23.2 Å². The number of amides is 1. The van der Waals surface area contributed by atoms with Crippen molar-refractivity contribution in [1.82, 2.24) is 14.5 Å². The lowest BCUT2D eigenvalue weighted by atomic mass is 10.3. The molecule has 0 unspecified atom stereocenters. The smallest absolute Gasteiger partial charge is 0.244 e. The number of hydrogen-bond donors (Lipinski definition) is 2. The molecule has 1 aromatic carbocycles. The van der Waals surface area contributed by atoms with Crippen molar-refractivity contribution in [2.24, 2.45) is 0 Å². The monoisotopic (exact) mass is 432 g/mol. The number of nitrogens with zero attached hydrogens (tertiary/aromatic N) is 2. The largest absolute Gasteiger partial charge is 0.325 e. The van der Waals surface area contributed by atoms with Crippen molar-refractivity contribution in [1.29, 1.82) is 0 Å². The van der Waals surface area contributed by atoms with E-state index < -0.39 is 10.0 Å². The van der Waals surface area contributed by atoms with Crippen LogP contribution in [-0.4, -0.2) is 70.3 Å². The first-order valence-corrected chi connectivity index (χ1v) is 9.07. The van der Waals surface area contributed by atoms with Gasteiger partial charge < -0.3 is 10.6 Å². The number of piperazine rings is 1. The highest BCUT2D eigenvalue weighted by Crippen LogP contribution is 2.26. The van der Waals surface area contributed by atoms with Crippen LogP contribution in [0.25, 0.3) is 0 Å². The normalized spacial score (nSPS) is 15.2. The Kier molecular flexibility index (Phi) is 10.3. The van der Waals surface area contributed by atoms with Crippen LogP contribution in [0.15, 0.2) is 23.1 Å². The third kappa shape index (κ3) is 6.56. The Balaban J connectivity index is 0.00000288. The molecule has 0 aromatic heterocycles. The maximum Gasteiger partial charge on any atom is 0.244 e. The number of sulfonamides is 1. The van der Waals surface area contributed by atoms with Crippen LogP contribution in [0.5, 0.6) is 0 Å². The molecule has 7 nitrogen and oxygen atoms in total. The van der Waals surface area contributed by atoms with E-state index in [-0.39, 0.29) is 47.2 Å². The van der Waals surface area contributed by atoms with E-state index in [1.54, 1.807) is 6.07 Å². The van der Waals surface area contributed by atoms with Crippen LogP contribution >= 0.6 is 36.4 Å². The molecule has 0 radical (unpaired) electrons.